The second kappa shape index (κ2) is 41.2. The highest BCUT2D eigenvalue weighted by Crippen LogP contribution is 2.34. The van der Waals surface area contributed by atoms with E-state index in [0.717, 1.165) is 27.8 Å². The Morgan fingerprint density at radius 3 is 1.18 bits per heavy atom. The van der Waals surface area contributed by atoms with Crippen molar-refractivity contribution in [2.45, 2.75) is 137 Å². The van der Waals surface area contributed by atoms with E-state index >= 15 is 0 Å². The molecule has 6 atom stereocenters. The fourth-order valence-electron chi connectivity index (χ4n) is 9.32. The smallest absolute Gasteiger partial charge is 0.407 e. The lowest BCUT2D eigenvalue weighted by Gasteiger charge is -2.20. The van der Waals surface area contributed by atoms with Gasteiger partial charge >= 0.3 is 36.4 Å². The van der Waals surface area contributed by atoms with Gasteiger partial charge in [-0.3, -0.25) is 0 Å². The molecule has 6 aromatic rings. The number of benzene rings is 6. The number of rotatable bonds is 25. The maximum absolute atomic E-state index is 12.5. The second-order valence-electron chi connectivity index (χ2n) is 21.8. The topological polar surface area (TPSA) is 351 Å². The maximum Gasteiger partial charge on any atom is 0.407 e. The molecule has 0 saturated carbocycles. The molecule has 0 aliphatic heterocycles. The minimum atomic E-state index is -0.602. The Morgan fingerprint density at radius 2 is 0.798 bits per heavy atom. The van der Waals surface area contributed by atoms with Gasteiger partial charge in [0.15, 0.2) is 0 Å². The molecule has 0 heterocycles. The average Bonchev–Trinajstić information content (AvgIpc) is 0.892. The van der Waals surface area contributed by atoms with Crippen molar-refractivity contribution < 1.29 is 57.2 Å². The molecule has 0 spiro atoms. The van der Waals surface area contributed by atoms with Gasteiger partial charge < -0.3 is 76.3 Å². The summed E-state index contributed by atoms with van der Waals surface area (Å²) in [6, 6.07) is 35.7. The summed E-state index contributed by atoms with van der Waals surface area (Å²) in [5.41, 5.74) is 8.31. The molecule has 27 nitrogen and oxygen atoms in total. The Balaban J connectivity index is 0.000000315. The number of aryl methyl sites for hydroxylation is 2. The number of hydrogen-bond donors (Lipinski definition) is 9. The summed E-state index contributed by atoms with van der Waals surface area (Å²) in [4.78, 5) is 84.1. The van der Waals surface area contributed by atoms with Gasteiger partial charge in [0.2, 0.25) is 17.1 Å². The molecule has 27 heteroatoms. The number of carbonyl (C=O) groups is 6. The zero-order valence-corrected chi connectivity index (χ0v) is 57.0. The molecule has 9 amide bonds. The van der Waals surface area contributed by atoms with Crippen LogP contribution in [0.25, 0.3) is 14.5 Å². The number of alkyl carbamates (subject to hydrolysis) is 3. The number of carbonyl (C=O) groups excluding carboxylic acids is 6. The van der Waals surface area contributed by atoms with Crippen LogP contribution in [0.5, 0.6) is 17.2 Å². The van der Waals surface area contributed by atoms with Crippen LogP contribution in [-0.4, -0.2) is 76.0 Å². The van der Waals surface area contributed by atoms with Crippen molar-refractivity contribution in [2.75, 3.05) is 53.2 Å². The van der Waals surface area contributed by atoms with Gasteiger partial charge in [0.05, 0.1) is 96.6 Å². The van der Waals surface area contributed by atoms with Gasteiger partial charge in [-0.1, -0.05) is 70.2 Å². The molecule has 9 N–H and O–H groups in total. The number of urea groups is 3. The molecular formula is C72H81N15O12. The van der Waals surface area contributed by atoms with Gasteiger partial charge in [-0.25, -0.2) is 43.3 Å². The van der Waals surface area contributed by atoms with E-state index in [0.29, 0.717) is 94.1 Å². The lowest BCUT2D eigenvalue weighted by atomic mass is 10.0. The molecule has 0 fully saturated rings. The highest BCUT2D eigenvalue weighted by atomic mass is 16.6. The quantitative estimate of drug-likeness (QED) is 0.0190. The summed E-state index contributed by atoms with van der Waals surface area (Å²) in [5.74, 6) is 1.11. The Hall–Kier alpha value is -12.7. The first-order valence-corrected chi connectivity index (χ1v) is 31.3. The van der Waals surface area contributed by atoms with Crippen LogP contribution in [-0.2, 0) is 14.2 Å². The van der Waals surface area contributed by atoms with Crippen LogP contribution in [0.2, 0.25) is 0 Å². The van der Waals surface area contributed by atoms with E-state index in [1.54, 1.807) is 104 Å². The molecule has 0 aromatic heterocycles. The predicted octanol–water partition coefficient (Wildman–Crippen LogP) is 17.1. The molecule has 0 radical (unpaired) electrons. The van der Waals surface area contributed by atoms with Gasteiger partial charge in [0.25, 0.3) is 0 Å². The zero-order valence-electron chi connectivity index (χ0n) is 57.0. The molecule has 6 aromatic carbocycles. The number of ether oxygens (including phenoxy) is 6. The van der Waals surface area contributed by atoms with Gasteiger partial charge in [-0.2, -0.15) is 15.8 Å². The number of nitrogens with one attached hydrogen (secondary N) is 9. The number of nitriles is 3. The van der Waals surface area contributed by atoms with E-state index in [9.17, 15) is 28.8 Å². The molecule has 0 aliphatic rings. The molecular weight excluding hydrogens is 1270 g/mol. The van der Waals surface area contributed by atoms with Crippen LogP contribution in [0, 0.1) is 67.6 Å². The van der Waals surface area contributed by atoms with E-state index in [1.807, 2.05) is 84.9 Å². The van der Waals surface area contributed by atoms with Crippen molar-refractivity contribution >= 4 is 87.6 Å². The van der Waals surface area contributed by atoms with Crippen molar-refractivity contribution in [1.82, 2.24) is 16.0 Å². The second-order valence-corrected chi connectivity index (χ2v) is 21.8. The summed E-state index contributed by atoms with van der Waals surface area (Å²) in [5, 5.41) is 51.1. The van der Waals surface area contributed by atoms with Gasteiger partial charge in [-0.05, 0) is 154 Å². The lowest BCUT2D eigenvalue weighted by molar-refractivity contribution is 0.0935. The van der Waals surface area contributed by atoms with E-state index in [4.69, 9.17) is 63.9 Å². The highest BCUT2D eigenvalue weighted by molar-refractivity contribution is 6.02. The summed E-state index contributed by atoms with van der Waals surface area (Å²) in [6.07, 6.45) is -0.476. The van der Waals surface area contributed by atoms with Crippen LogP contribution < -0.4 is 62.1 Å². The fraction of sp³-hybridized carbons (Fsp3) is 0.333. The van der Waals surface area contributed by atoms with Gasteiger partial charge in [0, 0.05) is 34.1 Å². The van der Waals surface area contributed by atoms with Crippen molar-refractivity contribution in [3.05, 3.63) is 177 Å². The third-order valence-electron chi connectivity index (χ3n) is 14.6. The standard InChI is InChI=1S/3C24H27N5O4/c1-6-20(9-10-25)33-24(31)27-16(3)17-11-15(2)12-19(13-17)29-23(30)28-18-7-8-21(26-4)22(14-18)32-5;1-6-19(11-12-25)33-24(31)27-16(3)20-13-17(8-7-15(20)2)28-23(30)29-18-9-10-21(26-4)22(14-18)32-5;1-5-19(12-13-25)33-24(31)29-20(6-2)16-8-7-9-17(14-16)27-23(30)28-18-10-11-21(26-3)22(15-18)32-4/h7-8,11-14,16,20H,6,9H2,1-3,5H3,(H,27,31)(H2,28,29,30);7-10,13-14,16,19H,6,11H2,1-3,5H3,(H,27,31)(H2,28,29,30);7-11,14-15,19-20H,5-6,12H2,1-2,4H3,(H,29,31)(H2,27,28,30)/t16-,20+;16-,19+;19-,20+/m001/s1. The number of anilines is 6. The van der Waals surface area contributed by atoms with Gasteiger partial charge in [0.1, 0.15) is 35.6 Å². The Morgan fingerprint density at radius 1 is 0.434 bits per heavy atom. The third-order valence-corrected chi connectivity index (χ3v) is 14.6. The zero-order chi connectivity index (χ0) is 73.0. The average molecular weight is 1350 g/mol. The van der Waals surface area contributed by atoms with E-state index in [2.05, 4.69) is 62.4 Å². The highest BCUT2D eigenvalue weighted by Gasteiger charge is 2.22. The maximum atomic E-state index is 12.5. The van der Waals surface area contributed by atoms with Crippen molar-refractivity contribution in [2.24, 2.45) is 0 Å². The Bertz CT molecular complexity index is 4050. The molecule has 516 valence electrons. The minimum absolute atomic E-state index is 0.137. The first-order valence-electron chi connectivity index (χ1n) is 31.3. The van der Waals surface area contributed by atoms with E-state index in [1.165, 1.54) is 21.3 Å². The molecule has 99 heavy (non-hydrogen) atoms. The lowest BCUT2D eigenvalue weighted by Crippen LogP contribution is -2.32. The molecule has 0 aliphatic carbocycles. The monoisotopic (exact) mass is 1350 g/mol. The first-order chi connectivity index (χ1) is 47.5. The number of amides is 9. The largest absolute Gasteiger partial charge is 0.508 e. The van der Waals surface area contributed by atoms with Gasteiger partial charge in [-0.15, -0.1) is 0 Å². The Labute approximate surface area is 576 Å². The van der Waals surface area contributed by atoms with Crippen molar-refractivity contribution in [1.29, 1.82) is 15.8 Å². The summed E-state index contributed by atoms with van der Waals surface area (Å²) < 4.78 is 31.4. The fourth-order valence-corrected chi connectivity index (χ4v) is 9.32. The minimum Gasteiger partial charge on any atom is -0.508 e. The Kier molecular flexibility index (Phi) is 32.7. The SMILES string of the molecule is [C-]#[N+]c1ccc(NC(=O)Nc2cc(C)cc([C@H](C)NC(=O)O[C@H](CC)CC#N)c2)cc1OC.[C-]#[N+]c1ccc(NC(=O)Nc2ccc(C)c([C@H](C)NC(=O)O[C@H](CC)CC#N)c2)cc1OC.[C-]#[N+]c1ccc(NC(=O)Nc2cccc([C@H](CC)NC(=O)O[C@H](CC)CC#N)c2)cc1OC. The van der Waals surface area contributed by atoms with Crippen molar-refractivity contribution in [3.8, 4) is 35.5 Å². The molecule has 6 rings (SSSR count). The predicted molar refractivity (Wildman–Crippen MR) is 376 cm³/mol. The van der Waals surface area contributed by atoms with Crippen LogP contribution in [0.3, 0.4) is 0 Å². The molecule has 0 saturated heterocycles. The van der Waals surface area contributed by atoms with E-state index < -0.39 is 54.7 Å². The van der Waals surface area contributed by atoms with Crippen LogP contribution in [0.1, 0.15) is 132 Å². The first kappa shape index (κ1) is 78.7. The normalized spacial score (nSPS) is 11.8. The molecule has 0 bridgehead atoms. The van der Waals surface area contributed by atoms with Crippen molar-refractivity contribution in [3.63, 3.8) is 0 Å². The summed E-state index contributed by atoms with van der Waals surface area (Å²) in [7, 11) is 4.37. The van der Waals surface area contributed by atoms with E-state index in [-0.39, 0.29) is 37.4 Å². The van der Waals surface area contributed by atoms with Crippen LogP contribution >= 0.6 is 0 Å². The van der Waals surface area contributed by atoms with Crippen LogP contribution in [0.15, 0.2) is 115 Å². The number of methoxy groups -OCH3 is 3. The number of nitrogens with zero attached hydrogens (tertiary/aromatic N) is 6. The summed E-state index contributed by atoms with van der Waals surface area (Å²) in [6.45, 7) is 36.2. The third kappa shape index (κ3) is 26.2. The van der Waals surface area contributed by atoms with Crippen LogP contribution in [0.4, 0.5) is 80.0 Å². The number of hydrogen-bond acceptors (Lipinski definition) is 15. The summed E-state index contributed by atoms with van der Waals surface area (Å²) >= 11 is 0. The molecule has 0 unspecified atom stereocenters.